The molecule has 1 aliphatic rings. The fourth-order valence-electron chi connectivity index (χ4n) is 4.27. The van der Waals surface area contributed by atoms with Crippen LogP contribution in [0, 0.1) is 13.8 Å². The minimum atomic E-state index is -0.194. The summed E-state index contributed by atoms with van der Waals surface area (Å²) in [7, 11) is 0. The highest BCUT2D eigenvalue weighted by Gasteiger charge is 2.35. The Hall–Kier alpha value is -3.61. The number of aromatic nitrogens is 4. The first-order valence-electron chi connectivity index (χ1n) is 10.9. The Labute approximate surface area is 187 Å². The number of hydrogen-bond acceptors (Lipinski definition) is 6. The maximum Gasteiger partial charge on any atom is 0.299 e. The van der Waals surface area contributed by atoms with Crippen LogP contribution in [0.15, 0.2) is 42.5 Å². The minimum absolute atomic E-state index is 0.194. The molecule has 0 saturated heterocycles. The molecule has 32 heavy (non-hydrogen) atoms. The summed E-state index contributed by atoms with van der Waals surface area (Å²) >= 11 is 0. The van der Waals surface area contributed by atoms with Crippen molar-refractivity contribution in [1.29, 1.82) is 0 Å². The van der Waals surface area contributed by atoms with Crippen LogP contribution in [-0.4, -0.2) is 37.8 Å². The highest BCUT2D eigenvalue weighted by molar-refractivity contribution is 5.84. The third-order valence-corrected chi connectivity index (χ3v) is 5.95. The van der Waals surface area contributed by atoms with Crippen LogP contribution < -0.4 is 10.1 Å². The van der Waals surface area contributed by atoms with E-state index in [1.54, 1.807) is 6.07 Å². The van der Waals surface area contributed by atoms with Crippen molar-refractivity contribution in [3.63, 3.8) is 0 Å². The summed E-state index contributed by atoms with van der Waals surface area (Å²) in [6, 6.07) is 14.5. The van der Waals surface area contributed by atoms with Gasteiger partial charge in [0.25, 0.3) is 6.01 Å². The SMILES string of the molecule is Cc1nc(NCCc2ccc(O)c(-c3ccccc3C)c2)c2nc3n(c2n1)C(C)(C)CO3. The van der Waals surface area contributed by atoms with E-state index in [1.165, 1.54) is 0 Å². The minimum Gasteiger partial charge on any atom is -0.507 e. The molecule has 0 amide bonds. The Morgan fingerprint density at radius 3 is 2.69 bits per heavy atom. The maximum absolute atomic E-state index is 10.4. The van der Waals surface area contributed by atoms with Gasteiger partial charge in [-0.15, -0.1) is 0 Å². The van der Waals surface area contributed by atoms with Crippen molar-refractivity contribution >= 4 is 17.0 Å². The predicted octanol–water partition coefficient (Wildman–Crippen LogP) is 4.60. The van der Waals surface area contributed by atoms with E-state index in [1.807, 2.05) is 31.2 Å². The maximum atomic E-state index is 10.4. The van der Waals surface area contributed by atoms with Gasteiger partial charge in [-0.05, 0) is 62.9 Å². The van der Waals surface area contributed by atoms with Crippen molar-refractivity contribution < 1.29 is 9.84 Å². The molecule has 7 heteroatoms. The summed E-state index contributed by atoms with van der Waals surface area (Å²) in [5, 5.41) is 13.8. The van der Waals surface area contributed by atoms with E-state index < -0.39 is 0 Å². The van der Waals surface area contributed by atoms with E-state index in [2.05, 4.69) is 57.7 Å². The molecular weight excluding hydrogens is 402 g/mol. The van der Waals surface area contributed by atoms with Crippen LogP contribution in [0.1, 0.15) is 30.8 Å². The summed E-state index contributed by atoms with van der Waals surface area (Å²) in [5.74, 6) is 1.70. The molecule has 4 aromatic rings. The number of hydrogen-bond donors (Lipinski definition) is 2. The number of fused-ring (bicyclic) bond motifs is 3. The molecule has 0 spiro atoms. The first kappa shape index (κ1) is 20.3. The number of aromatic hydroxyl groups is 1. The second-order valence-electron chi connectivity index (χ2n) is 8.97. The zero-order valence-corrected chi connectivity index (χ0v) is 18.8. The van der Waals surface area contributed by atoms with Crippen molar-refractivity contribution in [2.75, 3.05) is 18.5 Å². The van der Waals surface area contributed by atoms with Crippen LogP contribution >= 0.6 is 0 Å². The summed E-state index contributed by atoms with van der Waals surface area (Å²) < 4.78 is 7.83. The molecule has 0 aliphatic carbocycles. The number of phenolic OH excluding ortho intramolecular Hbond substituents is 1. The number of aryl methyl sites for hydroxylation is 2. The van der Waals surface area contributed by atoms with Gasteiger partial charge in [0.05, 0.1) is 5.54 Å². The van der Waals surface area contributed by atoms with Crippen molar-refractivity contribution in [1.82, 2.24) is 19.5 Å². The summed E-state index contributed by atoms with van der Waals surface area (Å²) in [5.41, 5.74) is 5.49. The lowest BCUT2D eigenvalue weighted by atomic mass is 9.97. The zero-order valence-electron chi connectivity index (χ0n) is 18.8. The molecule has 164 valence electrons. The van der Waals surface area contributed by atoms with E-state index in [9.17, 15) is 5.11 Å². The van der Waals surface area contributed by atoms with Crippen molar-refractivity contribution in [3.8, 4) is 22.9 Å². The van der Waals surface area contributed by atoms with Crippen molar-refractivity contribution in [3.05, 3.63) is 59.4 Å². The Bertz CT molecular complexity index is 1330. The van der Waals surface area contributed by atoms with Crippen LogP contribution in [0.5, 0.6) is 11.8 Å². The highest BCUT2D eigenvalue weighted by atomic mass is 16.5. The lowest BCUT2D eigenvalue weighted by molar-refractivity contribution is 0.268. The molecule has 2 N–H and O–H groups in total. The number of nitrogens with one attached hydrogen (secondary N) is 1. The molecule has 0 fully saturated rings. The Morgan fingerprint density at radius 1 is 1.06 bits per heavy atom. The molecule has 2 aromatic heterocycles. The lowest BCUT2D eigenvalue weighted by Gasteiger charge is -2.18. The number of rotatable bonds is 5. The van der Waals surface area contributed by atoms with Crippen LogP contribution in [0.4, 0.5) is 5.82 Å². The molecule has 0 bridgehead atoms. The second-order valence-corrected chi connectivity index (χ2v) is 8.97. The molecule has 2 aromatic carbocycles. The summed E-state index contributed by atoms with van der Waals surface area (Å²) in [4.78, 5) is 13.9. The smallest absolute Gasteiger partial charge is 0.299 e. The molecule has 3 heterocycles. The van der Waals surface area contributed by atoms with Gasteiger partial charge < -0.3 is 15.2 Å². The lowest BCUT2D eigenvalue weighted by Crippen LogP contribution is -2.26. The molecule has 5 rings (SSSR count). The molecule has 7 nitrogen and oxygen atoms in total. The number of phenols is 1. The van der Waals surface area contributed by atoms with Crippen LogP contribution in [-0.2, 0) is 12.0 Å². The van der Waals surface area contributed by atoms with Crippen molar-refractivity contribution in [2.24, 2.45) is 0 Å². The van der Waals surface area contributed by atoms with E-state index in [4.69, 9.17) is 4.74 Å². The Balaban J connectivity index is 1.39. The number of imidazole rings is 1. The fraction of sp³-hybridized carbons (Fsp3) is 0.320. The molecule has 0 atom stereocenters. The number of ether oxygens (including phenoxy) is 1. The topological polar surface area (TPSA) is 85.1 Å². The molecule has 0 radical (unpaired) electrons. The Kier molecular flexibility index (Phi) is 4.77. The van der Waals surface area contributed by atoms with Crippen molar-refractivity contribution in [2.45, 2.75) is 39.7 Å². The van der Waals surface area contributed by atoms with E-state index in [-0.39, 0.29) is 5.54 Å². The molecule has 0 saturated carbocycles. The summed E-state index contributed by atoms with van der Waals surface area (Å²) in [6.07, 6.45) is 0.777. The van der Waals surface area contributed by atoms with Crippen LogP contribution in [0.2, 0.25) is 0 Å². The predicted molar refractivity (Wildman–Crippen MR) is 125 cm³/mol. The van der Waals surface area contributed by atoms with Gasteiger partial charge >= 0.3 is 0 Å². The average Bonchev–Trinajstić information content (AvgIpc) is 3.27. The first-order valence-corrected chi connectivity index (χ1v) is 10.9. The largest absolute Gasteiger partial charge is 0.507 e. The monoisotopic (exact) mass is 429 g/mol. The van der Waals surface area contributed by atoms with E-state index >= 15 is 0 Å². The molecule has 1 aliphatic heterocycles. The van der Waals surface area contributed by atoms with E-state index in [0.717, 1.165) is 39.8 Å². The number of nitrogens with zero attached hydrogens (tertiary/aromatic N) is 4. The van der Waals surface area contributed by atoms with Gasteiger partial charge in [0.15, 0.2) is 17.0 Å². The number of benzene rings is 2. The van der Waals surface area contributed by atoms with Gasteiger partial charge in [-0.2, -0.15) is 4.98 Å². The molecular formula is C25H27N5O2. The van der Waals surface area contributed by atoms with Gasteiger partial charge in [-0.25, -0.2) is 9.97 Å². The van der Waals surface area contributed by atoms with Gasteiger partial charge in [-0.3, -0.25) is 4.57 Å². The standard InChI is InChI=1S/C25H27N5O2/c1-15-7-5-6-8-18(15)19-13-17(9-10-20(19)31)11-12-26-22-21-23(28-16(2)27-22)30-24(29-21)32-14-25(30,3)4/h5-10,13,31H,11-12,14H2,1-4H3,(H,26,27,28). The van der Waals surface area contributed by atoms with Crippen LogP contribution in [0.3, 0.4) is 0 Å². The van der Waals surface area contributed by atoms with Gasteiger partial charge in [0.2, 0.25) is 0 Å². The zero-order chi connectivity index (χ0) is 22.5. The molecule has 0 unspecified atom stereocenters. The first-order chi connectivity index (χ1) is 15.3. The third-order valence-electron chi connectivity index (χ3n) is 5.95. The Morgan fingerprint density at radius 2 is 1.88 bits per heavy atom. The third kappa shape index (κ3) is 3.43. The fourth-order valence-corrected chi connectivity index (χ4v) is 4.27. The van der Waals surface area contributed by atoms with Gasteiger partial charge in [0, 0.05) is 12.1 Å². The van der Waals surface area contributed by atoms with Gasteiger partial charge in [-0.1, -0.05) is 30.3 Å². The summed E-state index contributed by atoms with van der Waals surface area (Å²) in [6.45, 7) is 9.44. The van der Waals surface area contributed by atoms with E-state index in [0.29, 0.717) is 36.6 Å². The normalized spacial score (nSPS) is 14.4. The van der Waals surface area contributed by atoms with Crippen LogP contribution in [0.25, 0.3) is 22.3 Å². The second kappa shape index (κ2) is 7.51. The highest BCUT2D eigenvalue weighted by Crippen LogP contribution is 2.36. The average molecular weight is 430 g/mol. The number of anilines is 1. The quantitative estimate of drug-likeness (QED) is 0.482. The van der Waals surface area contributed by atoms with Gasteiger partial charge in [0.1, 0.15) is 18.2 Å².